The van der Waals surface area contributed by atoms with Crippen molar-refractivity contribution in [3.63, 3.8) is 0 Å². The second-order valence-electron chi connectivity index (χ2n) is 8.22. The molecule has 0 fully saturated rings. The minimum absolute atomic E-state index is 0.177. The van der Waals surface area contributed by atoms with E-state index in [9.17, 15) is 29.1 Å². The maximum atomic E-state index is 12.5. The highest BCUT2D eigenvalue weighted by molar-refractivity contribution is 5.87. The largest absolute Gasteiger partial charge is 0.481 e. The molecule has 0 bridgehead atoms. The number of nitrogens with zero attached hydrogens (tertiary/aromatic N) is 2. The van der Waals surface area contributed by atoms with E-state index in [0.717, 1.165) is 0 Å². The van der Waals surface area contributed by atoms with Crippen molar-refractivity contribution < 1.29 is 38.9 Å². The summed E-state index contributed by atoms with van der Waals surface area (Å²) in [6, 6.07) is -3.78. The molecule has 0 radical (unpaired) electrons. The molecule has 1 aromatic heterocycles. The lowest BCUT2D eigenvalue weighted by Gasteiger charge is -2.25. The number of urea groups is 1. The molecule has 3 amide bonds. The number of carboxylic acids is 2. The summed E-state index contributed by atoms with van der Waals surface area (Å²) in [7, 11) is 0. The molecule has 1 heterocycles. The molecule has 5 N–H and O–H groups in total. The molecule has 0 spiro atoms. The van der Waals surface area contributed by atoms with Crippen molar-refractivity contribution in [1.29, 1.82) is 0 Å². The van der Waals surface area contributed by atoms with Crippen LogP contribution >= 0.6 is 0 Å². The Morgan fingerprint density at radius 1 is 1.03 bits per heavy atom. The summed E-state index contributed by atoms with van der Waals surface area (Å²) in [5.41, 5.74) is -0.808. The first-order valence-corrected chi connectivity index (χ1v) is 10.4. The van der Waals surface area contributed by atoms with E-state index in [1.165, 1.54) is 23.3 Å². The Hall–Kier alpha value is -3.64. The number of unbranched alkanes of at least 4 members (excludes halogenated alkanes) is 1. The minimum Gasteiger partial charge on any atom is -0.481 e. The molecule has 2 atom stereocenters. The van der Waals surface area contributed by atoms with E-state index in [0.29, 0.717) is 19.4 Å². The number of aromatic nitrogens is 2. The van der Waals surface area contributed by atoms with Gasteiger partial charge in [-0.1, -0.05) is 0 Å². The third-order valence-corrected chi connectivity index (χ3v) is 4.18. The number of imidazole rings is 1. The van der Waals surface area contributed by atoms with Gasteiger partial charge in [-0.25, -0.2) is 24.2 Å². The normalized spacial score (nSPS) is 12.8. The topological polar surface area (TPSA) is 189 Å². The maximum Gasteiger partial charge on any atom is 0.329 e. The van der Waals surface area contributed by atoms with Crippen molar-refractivity contribution in [2.45, 2.75) is 70.6 Å². The van der Waals surface area contributed by atoms with Crippen LogP contribution in [-0.2, 0) is 19.1 Å². The van der Waals surface area contributed by atoms with Crippen molar-refractivity contribution in [3.05, 3.63) is 18.7 Å². The van der Waals surface area contributed by atoms with Crippen LogP contribution in [0.4, 0.5) is 9.59 Å². The van der Waals surface area contributed by atoms with Gasteiger partial charge in [0.1, 0.15) is 24.0 Å². The number of hydrogen-bond donors (Lipinski definition) is 5. The Morgan fingerprint density at radius 2 is 1.70 bits per heavy atom. The molecular weight excluding hydrogens is 438 g/mol. The first-order valence-electron chi connectivity index (χ1n) is 10.4. The predicted molar refractivity (Wildman–Crippen MR) is 114 cm³/mol. The molecule has 13 heteroatoms. The number of hydrogen-bond acceptors (Lipinski definition) is 7. The lowest BCUT2D eigenvalue weighted by Crippen LogP contribution is -2.52. The number of carbonyl (C=O) groups excluding carboxylic acids is 3. The molecule has 1 aromatic rings. The number of rotatable bonds is 12. The molecule has 184 valence electrons. The van der Waals surface area contributed by atoms with E-state index in [1.807, 2.05) is 0 Å². The van der Waals surface area contributed by atoms with Crippen LogP contribution in [0.3, 0.4) is 0 Å². The van der Waals surface area contributed by atoms with Gasteiger partial charge < -0.3 is 30.9 Å². The molecule has 33 heavy (non-hydrogen) atoms. The van der Waals surface area contributed by atoms with Gasteiger partial charge in [0.2, 0.25) is 0 Å². The van der Waals surface area contributed by atoms with Gasteiger partial charge in [0.05, 0.1) is 0 Å². The summed E-state index contributed by atoms with van der Waals surface area (Å²) in [5.74, 6) is -3.29. The molecule has 0 saturated heterocycles. The molecule has 0 aliphatic heterocycles. The number of carbonyl (C=O) groups is 5. The van der Waals surface area contributed by atoms with Crippen molar-refractivity contribution in [2.24, 2.45) is 0 Å². The summed E-state index contributed by atoms with van der Waals surface area (Å²) in [5, 5.41) is 25.1. The van der Waals surface area contributed by atoms with Crippen LogP contribution in [0, 0.1) is 0 Å². The quantitative estimate of drug-likeness (QED) is 0.219. The summed E-state index contributed by atoms with van der Waals surface area (Å²) in [6.45, 7) is 5.32. The molecule has 13 nitrogen and oxygen atoms in total. The molecule has 0 aliphatic rings. The van der Waals surface area contributed by atoms with Crippen LogP contribution in [0.2, 0.25) is 0 Å². The monoisotopic (exact) mass is 469 g/mol. The highest BCUT2D eigenvalue weighted by Gasteiger charge is 2.28. The van der Waals surface area contributed by atoms with Gasteiger partial charge in [-0.05, 0) is 46.5 Å². The van der Waals surface area contributed by atoms with E-state index < -0.39 is 48.0 Å². The van der Waals surface area contributed by atoms with Gasteiger partial charge in [0, 0.05) is 25.4 Å². The number of aliphatic carboxylic acids is 2. The molecule has 1 rings (SSSR count). The first kappa shape index (κ1) is 27.4. The van der Waals surface area contributed by atoms with Gasteiger partial charge in [-0.3, -0.25) is 9.36 Å². The van der Waals surface area contributed by atoms with Crippen molar-refractivity contribution >= 4 is 30.0 Å². The number of ether oxygens (including phenoxy) is 1. The number of nitrogens with one attached hydrogen (secondary N) is 3. The highest BCUT2D eigenvalue weighted by Crippen LogP contribution is 2.12. The van der Waals surface area contributed by atoms with E-state index in [4.69, 9.17) is 9.84 Å². The summed E-state index contributed by atoms with van der Waals surface area (Å²) in [6.07, 6.45) is 4.68. The van der Waals surface area contributed by atoms with Crippen molar-refractivity contribution in [2.75, 3.05) is 6.54 Å². The Labute approximate surface area is 190 Å². The Balaban J connectivity index is 2.62. The van der Waals surface area contributed by atoms with E-state index in [1.54, 1.807) is 20.8 Å². The van der Waals surface area contributed by atoms with E-state index in [-0.39, 0.29) is 18.9 Å². The zero-order valence-electron chi connectivity index (χ0n) is 18.9. The fraction of sp³-hybridized carbons (Fsp3) is 0.600. The zero-order chi connectivity index (χ0) is 25.0. The number of amides is 3. The SMILES string of the molecule is CC(C)(C)OC(=O)[C@H](CCCCNC(=O)n1ccnc1)NC(=O)N[C@@H](CCC(=O)O)C(=O)O. The van der Waals surface area contributed by atoms with Crippen molar-refractivity contribution in [1.82, 2.24) is 25.5 Å². The van der Waals surface area contributed by atoms with Crippen LogP contribution < -0.4 is 16.0 Å². The Bertz CT molecular complexity index is 819. The average Bonchev–Trinajstić information content (AvgIpc) is 3.23. The number of carboxylic acid groups (broad SMARTS) is 2. The summed E-state index contributed by atoms with van der Waals surface area (Å²) < 4.78 is 6.60. The third-order valence-electron chi connectivity index (χ3n) is 4.18. The van der Waals surface area contributed by atoms with Crippen LogP contribution in [-0.4, -0.2) is 74.0 Å². The molecule has 0 unspecified atom stereocenters. The van der Waals surface area contributed by atoms with E-state index >= 15 is 0 Å². The fourth-order valence-corrected chi connectivity index (χ4v) is 2.64. The predicted octanol–water partition coefficient (Wildman–Crippen LogP) is 0.939. The highest BCUT2D eigenvalue weighted by atomic mass is 16.6. The van der Waals surface area contributed by atoms with Gasteiger partial charge in [-0.15, -0.1) is 0 Å². The van der Waals surface area contributed by atoms with Gasteiger partial charge in [0.15, 0.2) is 0 Å². The Kier molecular flexibility index (Phi) is 10.8. The smallest absolute Gasteiger partial charge is 0.329 e. The summed E-state index contributed by atoms with van der Waals surface area (Å²) in [4.78, 5) is 62.4. The maximum absolute atomic E-state index is 12.5. The minimum atomic E-state index is -1.43. The lowest BCUT2D eigenvalue weighted by atomic mass is 10.1. The summed E-state index contributed by atoms with van der Waals surface area (Å²) >= 11 is 0. The molecule has 0 saturated carbocycles. The van der Waals surface area contributed by atoms with Crippen LogP contribution in [0.1, 0.15) is 52.9 Å². The van der Waals surface area contributed by atoms with Crippen LogP contribution in [0.5, 0.6) is 0 Å². The van der Waals surface area contributed by atoms with Crippen LogP contribution in [0.25, 0.3) is 0 Å². The van der Waals surface area contributed by atoms with Crippen molar-refractivity contribution in [3.8, 4) is 0 Å². The fourth-order valence-electron chi connectivity index (χ4n) is 2.64. The zero-order valence-corrected chi connectivity index (χ0v) is 18.9. The third kappa shape index (κ3) is 11.5. The van der Waals surface area contributed by atoms with Crippen LogP contribution in [0.15, 0.2) is 18.7 Å². The average molecular weight is 469 g/mol. The standard InChI is InChI=1S/C20H31N5O8/c1-20(2,3)33-17(30)14(6-4-5-9-22-19(32)25-11-10-21-12-25)24-18(31)23-13(16(28)29)7-8-15(26)27/h10-14H,4-9H2,1-3H3,(H,22,32)(H,26,27)(H,28,29)(H2,23,24,31)/t13-,14-/m0/s1. The first-order chi connectivity index (χ1) is 15.4. The van der Waals surface area contributed by atoms with Gasteiger partial charge in [-0.2, -0.15) is 0 Å². The van der Waals surface area contributed by atoms with E-state index in [2.05, 4.69) is 20.9 Å². The second-order valence-corrected chi connectivity index (χ2v) is 8.22. The van der Waals surface area contributed by atoms with Gasteiger partial charge >= 0.3 is 30.0 Å². The Morgan fingerprint density at radius 3 is 2.24 bits per heavy atom. The molecular formula is C20H31N5O8. The number of esters is 1. The van der Waals surface area contributed by atoms with Gasteiger partial charge in [0.25, 0.3) is 0 Å². The molecule has 0 aromatic carbocycles. The molecule has 0 aliphatic carbocycles. The lowest BCUT2D eigenvalue weighted by molar-refractivity contribution is -0.157. The second kappa shape index (κ2) is 13.0.